The molecule has 0 saturated heterocycles. The maximum Gasteiger partial charge on any atom is 0.254 e. The summed E-state index contributed by atoms with van der Waals surface area (Å²) in [5.74, 6) is 0.107. The van der Waals surface area contributed by atoms with Gasteiger partial charge in [-0.1, -0.05) is 25.8 Å². The number of carbonyl (C=O) groups excluding carboxylic acids is 1. The van der Waals surface area contributed by atoms with Gasteiger partial charge in [0.2, 0.25) is 0 Å². The van der Waals surface area contributed by atoms with Crippen molar-refractivity contribution in [2.45, 2.75) is 77.3 Å². The van der Waals surface area contributed by atoms with Crippen molar-refractivity contribution in [2.75, 3.05) is 7.05 Å². The molecule has 2 aliphatic carbocycles. The number of benzene rings is 1. The zero-order valence-corrected chi connectivity index (χ0v) is 16.6. The Balaban J connectivity index is 1.97. The third-order valence-corrected chi connectivity index (χ3v) is 6.24. The van der Waals surface area contributed by atoms with Gasteiger partial charge in [-0.3, -0.25) is 9.59 Å². The van der Waals surface area contributed by atoms with Crippen LogP contribution in [0.2, 0.25) is 0 Å². The SMILES string of the molecule is CCCCn1c(=O)c2c(c3c(C(=O)N(C)C4CC4)cccc31)CCCCC2. The van der Waals surface area contributed by atoms with Gasteiger partial charge in [0.15, 0.2) is 0 Å². The van der Waals surface area contributed by atoms with Crippen molar-refractivity contribution in [3.8, 4) is 0 Å². The lowest BCUT2D eigenvalue weighted by molar-refractivity contribution is 0.0787. The van der Waals surface area contributed by atoms with Crippen LogP contribution in [0.1, 0.15) is 73.4 Å². The first-order valence-corrected chi connectivity index (χ1v) is 10.6. The summed E-state index contributed by atoms with van der Waals surface area (Å²) in [5, 5.41) is 1.04. The van der Waals surface area contributed by atoms with E-state index in [0.717, 1.165) is 91.9 Å². The summed E-state index contributed by atoms with van der Waals surface area (Å²) in [4.78, 5) is 28.4. The highest BCUT2D eigenvalue weighted by molar-refractivity contribution is 6.07. The molecule has 1 aromatic carbocycles. The highest BCUT2D eigenvalue weighted by atomic mass is 16.2. The van der Waals surface area contributed by atoms with Crippen LogP contribution in [0.4, 0.5) is 0 Å². The molecule has 4 heteroatoms. The maximum atomic E-state index is 13.3. The van der Waals surface area contributed by atoms with Gasteiger partial charge in [0.1, 0.15) is 0 Å². The highest BCUT2D eigenvalue weighted by Crippen LogP contribution is 2.32. The lowest BCUT2D eigenvalue weighted by Crippen LogP contribution is -2.31. The number of pyridine rings is 1. The lowest BCUT2D eigenvalue weighted by atomic mass is 9.94. The van der Waals surface area contributed by atoms with Crippen LogP contribution in [0.3, 0.4) is 0 Å². The maximum absolute atomic E-state index is 13.3. The van der Waals surface area contributed by atoms with Crippen molar-refractivity contribution >= 4 is 16.8 Å². The summed E-state index contributed by atoms with van der Waals surface area (Å²) in [6.07, 6.45) is 9.31. The minimum Gasteiger partial charge on any atom is -0.339 e. The number of aryl methyl sites for hydroxylation is 2. The van der Waals surface area contributed by atoms with Crippen molar-refractivity contribution < 1.29 is 4.79 Å². The molecule has 0 atom stereocenters. The van der Waals surface area contributed by atoms with Crippen molar-refractivity contribution in [1.29, 1.82) is 0 Å². The van der Waals surface area contributed by atoms with Gasteiger partial charge in [-0.05, 0) is 62.6 Å². The van der Waals surface area contributed by atoms with Gasteiger partial charge in [-0.25, -0.2) is 0 Å². The summed E-state index contributed by atoms with van der Waals surface area (Å²) in [5.41, 5.74) is 4.02. The molecule has 0 unspecified atom stereocenters. The molecule has 2 aromatic rings. The Kier molecular flexibility index (Phi) is 5.07. The second kappa shape index (κ2) is 7.49. The average molecular weight is 367 g/mol. The van der Waals surface area contributed by atoms with E-state index in [-0.39, 0.29) is 11.5 Å². The van der Waals surface area contributed by atoms with Crippen molar-refractivity contribution in [3.05, 3.63) is 45.2 Å². The number of hydrogen-bond donors (Lipinski definition) is 0. The minimum absolute atomic E-state index is 0.107. The molecule has 1 saturated carbocycles. The van der Waals surface area contributed by atoms with E-state index in [2.05, 4.69) is 6.92 Å². The molecule has 144 valence electrons. The number of amides is 1. The second-order valence-corrected chi connectivity index (χ2v) is 8.18. The lowest BCUT2D eigenvalue weighted by Gasteiger charge is -2.22. The fourth-order valence-electron chi connectivity index (χ4n) is 4.48. The third kappa shape index (κ3) is 3.30. The molecule has 4 nitrogen and oxygen atoms in total. The van der Waals surface area contributed by atoms with E-state index in [1.165, 1.54) is 0 Å². The second-order valence-electron chi connectivity index (χ2n) is 8.18. The molecule has 0 spiro atoms. The van der Waals surface area contributed by atoms with Crippen molar-refractivity contribution in [2.24, 2.45) is 0 Å². The molecule has 27 heavy (non-hydrogen) atoms. The van der Waals surface area contributed by atoms with E-state index >= 15 is 0 Å². The summed E-state index contributed by atoms with van der Waals surface area (Å²) < 4.78 is 1.94. The third-order valence-electron chi connectivity index (χ3n) is 6.24. The molecule has 1 aromatic heterocycles. The molecule has 0 bridgehead atoms. The van der Waals surface area contributed by atoms with Gasteiger partial charge in [0.25, 0.3) is 11.5 Å². The largest absolute Gasteiger partial charge is 0.339 e. The van der Waals surface area contributed by atoms with Crippen LogP contribution in [0.25, 0.3) is 10.9 Å². The average Bonchev–Trinajstić information content (AvgIpc) is 3.53. The number of aromatic nitrogens is 1. The fraction of sp³-hybridized carbons (Fsp3) is 0.565. The Morgan fingerprint density at radius 2 is 1.89 bits per heavy atom. The Morgan fingerprint density at radius 1 is 1.15 bits per heavy atom. The van der Waals surface area contributed by atoms with Crippen LogP contribution in [0.5, 0.6) is 0 Å². The number of fused-ring (bicyclic) bond motifs is 3. The van der Waals surface area contributed by atoms with E-state index < -0.39 is 0 Å². The van der Waals surface area contributed by atoms with E-state index in [1.54, 1.807) is 0 Å². The van der Waals surface area contributed by atoms with Crippen LogP contribution < -0.4 is 5.56 Å². The predicted molar refractivity (Wildman–Crippen MR) is 109 cm³/mol. The van der Waals surface area contributed by atoms with Gasteiger partial charge >= 0.3 is 0 Å². The molecule has 4 rings (SSSR count). The van der Waals surface area contributed by atoms with Crippen molar-refractivity contribution in [3.63, 3.8) is 0 Å². The van der Waals surface area contributed by atoms with Crippen molar-refractivity contribution in [1.82, 2.24) is 9.47 Å². The Labute approximate surface area is 161 Å². The van der Waals surface area contributed by atoms with Gasteiger partial charge in [-0.15, -0.1) is 0 Å². The van der Waals surface area contributed by atoms with Gasteiger partial charge in [0, 0.05) is 36.1 Å². The normalized spacial score (nSPS) is 16.8. The molecular formula is C23H30N2O2. The monoisotopic (exact) mass is 366 g/mol. The molecule has 0 N–H and O–H groups in total. The minimum atomic E-state index is 0.107. The number of unbranched alkanes of at least 4 members (excludes halogenated alkanes) is 1. The predicted octanol–water partition coefficient (Wildman–Crippen LogP) is 4.30. The van der Waals surface area contributed by atoms with Crippen LogP contribution in [0.15, 0.2) is 23.0 Å². The Hall–Kier alpha value is -2.10. The van der Waals surface area contributed by atoms with Crippen LogP contribution in [-0.2, 0) is 19.4 Å². The van der Waals surface area contributed by atoms with Gasteiger partial charge < -0.3 is 9.47 Å². The first kappa shape index (κ1) is 18.3. The zero-order valence-electron chi connectivity index (χ0n) is 16.6. The Bertz CT molecular complexity index is 924. The summed E-state index contributed by atoms with van der Waals surface area (Å²) in [6.45, 7) is 2.88. The van der Waals surface area contributed by atoms with Gasteiger partial charge in [0.05, 0.1) is 5.52 Å². The summed E-state index contributed by atoms with van der Waals surface area (Å²) >= 11 is 0. The first-order chi connectivity index (χ1) is 13.1. The molecule has 1 amide bonds. The number of carbonyl (C=O) groups is 1. The van der Waals surface area contributed by atoms with Crippen LogP contribution in [0, 0.1) is 0 Å². The molecular weight excluding hydrogens is 336 g/mol. The number of nitrogens with zero attached hydrogens (tertiary/aromatic N) is 2. The Morgan fingerprint density at radius 3 is 2.59 bits per heavy atom. The number of hydrogen-bond acceptors (Lipinski definition) is 2. The van der Waals surface area contributed by atoms with Crippen LogP contribution in [-0.4, -0.2) is 28.5 Å². The molecule has 0 aliphatic heterocycles. The topological polar surface area (TPSA) is 42.3 Å². The standard InChI is InChI=1S/C23H30N2O2/c1-3-4-15-25-20-12-8-11-19(22(26)24(2)16-13-14-16)21(20)17-9-6-5-7-10-18(17)23(25)27/h8,11-12,16H,3-7,9-10,13-15H2,1-2H3. The quantitative estimate of drug-likeness (QED) is 0.740. The molecule has 0 radical (unpaired) electrons. The smallest absolute Gasteiger partial charge is 0.254 e. The number of rotatable bonds is 5. The molecule has 1 heterocycles. The summed E-state index contributed by atoms with van der Waals surface area (Å²) in [6, 6.07) is 6.33. The highest BCUT2D eigenvalue weighted by Gasteiger charge is 2.31. The van der Waals surface area contributed by atoms with E-state index in [9.17, 15) is 9.59 Å². The van der Waals surface area contributed by atoms with E-state index in [4.69, 9.17) is 0 Å². The first-order valence-electron chi connectivity index (χ1n) is 10.6. The molecule has 2 aliphatic rings. The van der Waals surface area contributed by atoms with Crippen LogP contribution >= 0.6 is 0 Å². The van der Waals surface area contributed by atoms with Gasteiger partial charge in [-0.2, -0.15) is 0 Å². The fourth-order valence-corrected chi connectivity index (χ4v) is 4.48. The summed E-state index contributed by atoms with van der Waals surface area (Å²) in [7, 11) is 1.92. The molecule has 1 fully saturated rings. The van der Waals surface area contributed by atoms with E-state index in [0.29, 0.717) is 6.04 Å². The zero-order chi connectivity index (χ0) is 19.0. The van der Waals surface area contributed by atoms with E-state index in [1.807, 2.05) is 34.7 Å².